The molecule has 1 N–H and O–H groups in total. The van der Waals surface area contributed by atoms with Gasteiger partial charge in [0.1, 0.15) is 0 Å². The van der Waals surface area contributed by atoms with Gasteiger partial charge in [0.25, 0.3) is 0 Å². The number of likely N-dealkylation sites (tertiary alicyclic amines) is 1. The largest absolute Gasteiger partial charge is 0.392 e. The van der Waals surface area contributed by atoms with Gasteiger partial charge >= 0.3 is 0 Å². The van der Waals surface area contributed by atoms with Crippen LogP contribution in [0.5, 0.6) is 0 Å². The van der Waals surface area contributed by atoms with Gasteiger partial charge in [0.05, 0.1) is 24.9 Å². The molecule has 1 fully saturated rings. The maximum Gasteiger partial charge on any atom is 0.179 e. The third-order valence-corrected chi connectivity index (χ3v) is 4.83. The Balaban J connectivity index is 1.62. The van der Waals surface area contributed by atoms with Crippen molar-refractivity contribution in [3.63, 3.8) is 0 Å². The van der Waals surface area contributed by atoms with E-state index in [1.54, 1.807) is 19.5 Å². The number of benzene rings is 1. The normalized spacial score (nSPS) is 21.2. The molecule has 3 aromatic rings. The van der Waals surface area contributed by atoms with E-state index in [1.807, 2.05) is 22.7 Å². The van der Waals surface area contributed by atoms with E-state index < -0.39 is 0 Å². The lowest BCUT2D eigenvalue weighted by Gasteiger charge is -2.23. The van der Waals surface area contributed by atoms with Gasteiger partial charge in [0, 0.05) is 32.6 Å². The van der Waals surface area contributed by atoms with Crippen molar-refractivity contribution in [1.29, 1.82) is 0 Å². The van der Waals surface area contributed by atoms with Crippen LogP contribution in [-0.4, -0.2) is 49.3 Å². The summed E-state index contributed by atoms with van der Waals surface area (Å²) in [5.41, 5.74) is 2.88. The van der Waals surface area contributed by atoms with E-state index in [2.05, 4.69) is 32.2 Å². The second-order valence-corrected chi connectivity index (χ2v) is 6.38. The molecule has 0 radical (unpaired) electrons. The van der Waals surface area contributed by atoms with Crippen molar-refractivity contribution < 1.29 is 9.84 Å². The molecule has 2 aromatic heterocycles. The van der Waals surface area contributed by atoms with Crippen LogP contribution < -0.4 is 0 Å². The molecule has 4 rings (SSSR count). The van der Waals surface area contributed by atoms with E-state index in [9.17, 15) is 5.11 Å². The maximum absolute atomic E-state index is 9.20. The number of aliphatic hydroxyl groups excluding tert-OH is 1. The quantitative estimate of drug-likeness (QED) is 0.761. The van der Waals surface area contributed by atoms with Crippen LogP contribution in [0.2, 0.25) is 0 Å². The predicted molar refractivity (Wildman–Crippen MR) is 91.7 cm³/mol. The third kappa shape index (κ3) is 3.13. The number of methoxy groups -OCH3 is 1. The lowest BCUT2D eigenvalue weighted by Crippen LogP contribution is -2.25. The van der Waals surface area contributed by atoms with Crippen LogP contribution in [0.1, 0.15) is 29.4 Å². The van der Waals surface area contributed by atoms with E-state index >= 15 is 0 Å². The second-order valence-electron chi connectivity index (χ2n) is 6.38. The standard InChI is InChI=1S/C18H21N5O2/c1-25-15-8-16(18-21-20-17-9-19-6-7-23(17)18)22(11-15)10-13-2-4-14(12-24)5-3-13/h2-7,9,15-16,24H,8,10-12H2,1H3/t15-,16+/m1/s1. The summed E-state index contributed by atoms with van der Waals surface area (Å²) in [7, 11) is 1.76. The molecule has 3 heterocycles. The highest BCUT2D eigenvalue weighted by Crippen LogP contribution is 2.33. The average molecular weight is 339 g/mol. The fourth-order valence-electron chi connectivity index (χ4n) is 3.46. The number of aromatic nitrogens is 4. The molecule has 7 nitrogen and oxygen atoms in total. The molecule has 0 saturated carbocycles. The molecule has 0 spiro atoms. The van der Waals surface area contributed by atoms with Crippen LogP contribution in [0.25, 0.3) is 5.65 Å². The summed E-state index contributed by atoms with van der Waals surface area (Å²) in [6.07, 6.45) is 6.43. The van der Waals surface area contributed by atoms with Gasteiger partial charge < -0.3 is 9.84 Å². The Kier molecular flexibility index (Phi) is 4.44. The van der Waals surface area contributed by atoms with Crippen molar-refractivity contribution in [1.82, 2.24) is 24.5 Å². The van der Waals surface area contributed by atoms with Crippen LogP contribution in [-0.2, 0) is 17.9 Å². The molecule has 130 valence electrons. The molecular formula is C18H21N5O2. The zero-order valence-corrected chi connectivity index (χ0v) is 14.1. The summed E-state index contributed by atoms with van der Waals surface area (Å²) in [5.74, 6) is 0.920. The number of aliphatic hydroxyl groups is 1. The molecule has 1 aliphatic rings. The first-order chi connectivity index (χ1) is 12.3. The van der Waals surface area contributed by atoms with E-state index in [4.69, 9.17) is 4.74 Å². The topological polar surface area (TPSA) is 75.8 Å². The van der Waals surface area contributed by atoms with E-state index in [-0.39, 0.29) is 18.8 Å². The minimum atomic E-state index is 0.0676. The highest BCUT2D eigenvalue weighted by Gasteiger charge is 2.36. The number of rotatable bonds is 5. The van der Waals surface area contributed by atoms with Gasteiger partial charge in [-0.05, 0) is 17.5 Å². The fraction of sp³-hybridized carbons (Fsp3) is 0.389. The monoisotopic (exact) mass is 339 g/mol. The van der Waals surface area contributed by atoms with Crippen molar-refractivity contribution in [3.05, 3.63) is 59.8 Å². The highest BCUT2D eigenvalue weighted by molar-refractivity contribution is 5.34. The molecule has 1 aromatic carbocycles. The molecule has 2 atom stereocenters. The first-order valence-electron chi connectivity index (χ1n) is 8.38. The summed E-state index contributed by atoms with van der Waals surface area (Å²) in [5, 5.41) is 17.8. The Hall–Kier alpha value is -2.35. The number of fused-ring (bicyclic) bond motifs is 1. The molecule has 25 heavy (non-hydrogen) atoms. The molecule has 0 bridgehead atoms. The summed E-state index contributed by atoms with van der Waals surface area (Å²) in [6, 6.07) is 8.20. The first-order valence-corrected chi connectivity index (χ1v) is 8.38. The van der Waals surface area contributed by atoms with Gasteiger partial charge in [-0.3, -0.25) is 14.3 Å². The van der Waals surface area contributed by atoms with Crippen LogP contribution >= 0.6 is 0 Å². The molecular weight excluding hydrogens is 318 g/mol. The summed E-state index contributed by atoms with van der Waals surface area (Å²) < 4.78 is 7.61. The van der Waals surface area contributed by atoms with Gasteiger partial charge in [-0.15, -0.1) is 10.2 Å². The Labute approximate surface area is 145 Å². The average Bonchev–Trinajstić information content (AvgIpc) is 3.26. The van der Waals surface area contributed by atoms with E-state index in [0.717, 1.165) is 36.5 Å². The van der Waals surface area contributed by atoms with Crippen LogP contribution in [0, 0.1) is 0 Å². The van der Waals surface area contributed by atoms with E-state index in [0.29, 0.717) is 0 Å². The predicted octanol–water partition coefficient (Wildman–Crippen LogP) is 1.58. The Morgan fingerprint density at radius 1 is 1.20 bits per heavy atom. The van der Waals surface area contributed by atoms with Gasteiger partial charge in [-0.1, -0.05) is 24.3 Å². The zero-order chi connectivity index (χ0) is 17.2. The van der Waals surface area contributed by atoms with Gasteiger partial charge in [-0.2, -0.15) is 0 Å². The van der Waals surface area contributed by atoms with Crippen LogP contribution in [0.15, 0.2) is 42.9 Å². The summed E-state index contributed by atoms with van der Waals surface area (Å²) in [6.45, 7) is 1.72. The smallest absolute Gasteiger partial charge is 0.179 e. The lowest BCUT2D eigenvalue weighted by molar-refractivity contribution is 0.107. The first kappa shape index (κ1) is 16.1. The summed E-state index contributed by atoms with van der Waals surface area (Å²) >= 11 is 0. The molecule has 1 saturated heterocycles. The van der Waals surface area contributed by atoms with Crippen LogP contribution in [0.3, 0.4) is 0 Å². The fourth-order valence-corrected chi connectivity index (χ4v) is 3.46. The Morgan fingerprint density at radius 2 is 2.00 bits per heavy atom. The number of hydrogen-bond acceptors (Lipinski definition) is 6. The second kappa shape index (κ2) is 6.87. The van der Waals surface area contributed by atoms with Crippen molar-refractivity contribution in [2.45, 2.75) is 31.7 Å². The lowest BCUT2D eigenvalue weighted by atomic mass is 10.1. The number of hydrogen-bond donors (Lipinski definition) is 1. The highest BCUT2D eigenvalue weighted by atomic mass is 16.5. The molecule has 1 aliphatic heterocycles. The zero-order valence-electron chi connectivity index (χ0n) is 14.1. The van der Waals surface area contributed by atoms with Gasteiger partial charge in [-0.25, -0.2) is 0 Å². The van der Waals surface area contributed by atoms with E-state index in [1.165, 1.54) is 5.56 Å². The number of nitrogens with zero attached hydrogens (tertiary/aromatic N) is 5. The molecule has 0 amide bonds. The van der Waals surface area contributed by atoms with Crippen molar-refractivity contribution >= 4 is 5.65 Å². The SMILES string of the molecule is CO[C@@H]1C[C@@H](c2nnc3cnccn23)N(Cc2ccc(CO)cc2)C1. The van der Waals surface area contributed by atoms with Crippen molar-refractivity contribution in [3.8, 4) is 0 Å². The Morgan fingerprint density at radius 3 is 2.76 bits per heavy atom. The Bertz CT molecular complexity index is 848. The summed E-state index contributed by atoms with van der Waals surface area (Å²) in [4.78, 5) is 6.48. The third-order valence-electron chi connectivity index (χ3n) is 4.83. The van der Waals surface area contributed by atoms with Crippen molar-refractivity contribution in [2.75, 3.05) is 13.7 Å². The van der Waals surface area contributed by atoms with Crippen molar-refractivity contribution in [2.24, 2.45) is 0 Å². The maximum atomic E-state index is 9.20. The molecule has 7 heteroatoms. The molecule has 0 unspecified atom stereocenters. The van der Waals surface area contributed by atoms with Gasteiger partial charge in [0.2, 0.25) is 0 Å². The minimum absolute atomic E-state index is 0.0676. The number of ether oxygens (including phenoxy) is 1. The molecule has 0 aliphatic carbocycles. The van der Waals surface area contributed by atoms with Gasteiger partial charge in [0.15, 0.2) is 11.5 Å². The minimum Gasteiger partial charge on any atom is -0.392 e. The van der Waals surface area contributed by atoms with Crippen LogP contribution in [0.4, 0.5) is 0 Å².